The van der Waals surface area contributed by atoms with Gasteiger partial charge in [0.15, 0.2) is 0 Å². The van der Waals surface area contributed by atoms with E-state index >= 15 is 0 Å². The van der Waals surface area contributed by atoms with E-state index in [2.05, 4.69) is 205 Å². The lowest BCUT2D eigenvalue weighted by Gasteiger charge is -2.30. The maximum Gasteiger partial charge on any atom is 0.0725 e. The van der Waals surface area contributed by atoms with Crippen LogP contribution in [0.3, 0.4) is 0 Å². The minimum Gasteiger partial charge on any atom is -0.309 e. The number of rotatable bonds is 4. The standard InChI is InChI=1S/C53H33NS/c1-2-13-34(14-3-1)35-25-28-38(29-26-35)54(50-23-12-19-44-43-18-7-11-24-51(43)55-52(44)50)39-30-27-36-32-45-42-17-6-10-22-48(42)53(49(45)33-37(36)31-39)46-20-8-4-15-40(46)41-16-5-9-21-47(41)53/h1-33H. The third-order valence-corrected chi connectivity index (χ3v) is 13.3. The molecule has 2 aliphatic carbocycles. The molecule has 1 heterocycles. The van der Waals surface area contributed by atoms with Crippen LogP contribution in [-0.4, -0.2) is 0 Å². The lowest BCUT2D eigenvalue weighted by Crippen LogP contribution is -2.25. The summed E-state index contributed by atoms with van der Waals surface area (Å²) in [6.07, 6.45) is 0. The fourth-order valence-electron chi connectivity index (χ4n) is 9.73. The zero-order valence-electron chi connectivity index (χ0n) is 29.9. The molecule has 0 unspecified atom stereocenters. The molecule has 0 amide bonds. The predicted molar refractivity (Wildman–Crippen MR) is 233 cm³/mol. The van der Waals surface area contributed by atoms with Gasteiger partial charge in [0, 0.05) is 26.8 Å². The second-order valence-corrected chi connectivity index (χ2v) is 15.9. The van der Waals surface area contributed by atoms with Gasteiger partial charge in [0.1, 0.15) is 0 Å². The first kappa shape index (κ1) is 30.7. The van der Waals surface area contributed by atoms with Crippen molar-refractivity contribution in [1.82, 2.24) is 0 Å². The topological polar surface area (TPSA) is 3.24 Å². The van der Waals surface area contributed by atoms with Crippen molar-refractivity contribution in [3.8, 4) is 33.4 Å². The van der Waals surface area contributed by atoms with Gasteiger partial charge < -0.3 is 4.90 Å². The van der Waals surface area contributed by atoms with Crippen molar-refractivity contribution in [3.05, 3.63) is 222 Å². The van der Waals surface area contributed by atoms with E-state index in [4.69, 9.17) is 0 Å². The Morgan fingerprint density at radius 1 is 0.364 bits per heavy atom. The predicted octanol–water partition coefficient (Wildman–Crippen LogP) is 14.7. The van der Waals surface area contributed by atoms with Gasteiger partial charge in [-0.3, -0.25) is 0 Å². The molecular formula is C53H33NS. The molecule has 10 aromatic rings. The molecule has 0 saturated heterocycles. The fourth-order valence-corrected chi connectivity index (χ4v) is 10.9. The van der Waals surface area contributed by atoms with Gasteiger partial charge in [0.2, 0.25) is 0 Å². The maximum absolute atomic E-state index is 2.50. The SMILES string of the molecule is c1ccc(-c2ccc(N(c3ccc4cc5c(cc4c3)C3(c4ccccc4-c4ccccc43)c3ccccc3-5)c3cccc4c3sc3ccccc34)cc2)cc1. The molecular weight excluding hydrogens is 683 g/mol. The van der Waals surface area contributed by atoms with E-state index in [1.165, 1.54) is 92.3 Å². The third kappa shape index (κ3) is 4.29. The minimum absolute atomic E-state index is 0.376. The van der Waals surface area contributed by atoms with E-state index in [0.29, 0.717) is 0 Å². The highest BCUT2D eigenvalue weighted by Gasteiger charge is 2.51. The first-order valence-electron chi connectivity index (χ1n) is 19.0. The van der Waals surface area contributed by atoms with Crippen LogP contribution in [0.1, 0.15) is 22.3 Å². The van der Waals surface area contributed by atoms with Crippen molar-refractivity contribution >= 4 is 59.3 Å². The number of hydrogen-bond acceptors (Lipinski definition) is 2. The molecule has 2 heteroatoms. The average molecular weight is 716 g/mol. The molecule has 1 spiro atoms. The Hall–Kier alpha value is -6.74. The van der Waals surface area contributed by atoms with Crippen LogP contribution in [0.2, 0.25) is 0 Å². The molecule has 0 aliphatic heterocycles. The average Bonchev–Trinajstić information content (AvgIpc) is 3.88. The minimum atomic E-state index is -0.376. The highest BCUT2D eigenvalue weighted by atomic mass is 32.1. The van der Waals surface area contributed by atoms with Crippen LogP contribution in [0.15, 0.2) is 200 Å². The van der Waals surface area contributed by atoms with Crippen LogP contribution in [0.5, 0.6) is 0 Å². The van der Waals surface area contributed by atoms with Crippen molar-refractivity contribution in [2.24, 2.45) is 0 Å². The van der Waals surface area contributed by atoms with Crippen molar-refractivity contribution in [2.45, 2.75) is 5.41 Å². The second-order valence-electron chi connectivity index (χ2n) is 14.8. The summed E-state index contributed by atoms with van der Waals surface area (Å²) < 4.78 is 2.60. The first-order valence-corrected chi connectivity index (χ1v) is 19.8. The summed E-state index contributed by atoms with van der Waals surface area (Å²) in [6.45, 7) is 0. The fraction of sp³-hybridized carbons (Fsp3) is 0.0189. The van der Waals surface area contributed by atoms with Gasteiger partial charge in [-0.1, -0.05) is 152 Å². The molecule has 256 valence electrons. The van der Waals surface area contributed by atoms with Gasteiger partial charge in [-0.15, -0.1) is 11.3 Å². The molecule has 0 saturated carbocycles. The Morgan fingerprint density at radius 2 is 0.945 bits per heavy atom. The molecule has 0 radical (unpaired) electrons. The first-order chi connectivity index (χ1) is 27.3. The lowest BCUT2D eigenvalue weighted by atomic mass is 9.70. The van der Waals surface area contributed by atoms with Gasteiger partial charge in [-0.05, 0) is 115 Å². The van der Waals surface area contributed by atoms with Crippen LogP contribution in [0.25, 0.3) is 64.3 Å². The van der Waals surface area contributed by atoms with Crippen LogP contribution in [0, 0.1) is 0 Å². The molecule has 1 aromatic heterocycles. The van der Waals surface area contributed by atoms with E-state index in [1.807, 2.05) is 11.3 Å². The molecule has 0 fully saturated rings. The largest absolute Gasteiger partial charge is 0.309 e. The van der Waals surface area contributed by atoms with Crippen molar-refractivity contribution < 1.29 is 0 Å². The summed E-state index contributed by atoms with van der Waals surface area (Å²) in [5.74, 6) is 0. The summed E-state index contributed by atoms with van der Waals surface area (Å²) in [5.41, 5.74) is 16.3. The molecule has 2 aliphatic rings. The molecule has 0 atom stereocenters. The zero-order chi connectivity index (χ0) is 36.1. The van der Waals surface area contributed by atoms with Crippen LogP contribution in [0.4, 0.5) is 17.1 Å². The number of anilines is 3. The number of nitrogens with zero attached hydrogens (tertiary/aromatic N) is 1. The Morgan fingerprint density at radius 3 is 1.67 bits per heavy atom. The molecule has 12 rings (SSSR count). The van der Waals surface area contributed by atoms with E-state index in [9.17, 15) is 0 Å². The number of fused-ring (bicyclic) bond motifs is 14. The Bertz CT molecular complexity index is 3110. The number of benzene rings is 9. The van der Waals surface area contributed by atoms with E-state index < -0.39 is 0 Å². The number of thiophene rings is 1. The van der Waals surface area contributed by atoms with Gasteiger partial charge in [0.25, 0.3) is 0 Å². The van der Waals surface area contributed by atoms with Gasteiger partial charge in [-0.2, -0.15) is 0 Å². The van der Waals surface area contributed by atoms with Gasteiger partial charge in [-0.25, -0.2) is 0 Å². The van der Waals surface area contributed by atoms with Crippen molar-refractivity contribution in [2.75, 3.05) is 4.90 Å². The molecule has 1 nitrogen and oxygen atoms in total. The molecule has 55 heavy (non-hydrogen) atoms. The molecule has 9 aromatic carbocycles. The van der Waals surface area contributed by atoms with Gasteiger partial charge in [0.05, 0.1) is 15.8 Å². The normalized spacial score (nSPS) is 13.2. The molecule has 0 N–H and O–H groups in total. The smallest absolute Gasteiger partial charge is 0.0725 e. The second kappa shape index (κ2) is 11.6. The third-order valence-electron chi connectivity index (χ3n) is 12.1. The van der Waals surface area contributed by atoms with Crippen LogP contribution < -0.4 is 4.90 Å². The monoisotopic (exact) mass is 715 g/mol. The highest BCUT2D eigenvalue weighted by molar-refractivity contribution is 7.26. The van der Waals surface area contributed by atoms with Crippen molar-refractivity contribution in [3.63, 3.8) is 0 Å². The van der Waals surface area contributed by atoms with E-state index in [0.717, 1.165) is 11.4 Å². The number of hydrogen-bond donors (Lipinski definition) is 0. The summed E-state index contributed by atoms with van der Waals surface area (Å²) >= 11 is 1.88. The summed E-state index contributed by atoms with van der Waals surface area (Å²) in [6, 6.07) is 74.4. The Labute approximate surface area is 324 Å². The summed E-state index contributed by atoms with van der Waals surface area (Å²) in [4.78, 5) is 2.46. The summed E-state index contributed by atoms with van der Waals surface area (Å²) in [5, 5.41) is 5.08. The Kier molecular flexibility index (Phi) is 6.49. The molecule has 0 bridgehead atoms. The highest BCUT2D eigenvalue weighted by Crippen LogP contribution is 2.63. The van der Waals surface area contributed by atoms with E-state index in [-0.39, 0.29) is 5.41 Å². The Balaban J connectivity index is 1.10. The van der Waals surface area contributed by atoms with Crippen LogP contribution in [-0.2, 0) is 5.41 Å². The van der Waals surface area contributed by atoms with Gasteiger partial charge >= 0.3 is 0 Å². The summed E-state index contributed by atoms with van der Waals surface area (Å²) in [7, 11) is 0. The maximum atomic E-state index is 2.50. The van der Waals surface area contributed by atoms with E-state index in [1.54, 1.807) is 0 Å². The quantitative estimate of drug-likeness (QED) is 0.175. The zero-order valence-corrected chi connectivity index (χ0v) is 30.7. The lowest BCUT2D eigenvalue weighted by molar-refractivity contribution is 0.795. The van der Waals surface area contributed by atoms with Crippen molar-refractivity contribution in [1.29, 1.82) is 0 Å². The van der Waals surface area contributed by atoms with Crippen LogP contribution >= 0.6 is 11.3 Å².